The Kier molecular flexibility index (Phi) is 3.45. The molecule has 0 radical (unpaired) electrons. The van der Waals surface area contributed by atoms with Crippen molar-refractivity contribution >= 4 is 29.4 Å². The molecule has 0 heterocycles. The van der Waals surface area contributed by atoms with Crippen molar-refractivity contribution in [3.63, 3.8) is 0 Å². The highest BCUT2D eigenvalue weighted by Gasteiger charge is 2.09. The molecule has 0 aromatic heterocycles. The Hall–Kier alpha value is -1.71. The number of aromatic hydroxyl groups is 2. The van der Waals surface area contributed by atoms with Crippen molar-refractivity contribution in [2.75, 3.05) is 0 Å². The van der Waals surface area contributed by atoms with Gasteiger partial charge < -0.3 is 15.6 Å². The van der Waals surface area contributed by atoms with Crippen LogP contribution < -0.4 is 0 Å². The number of hydrogen-bond acceptors (Lipinski definition) is 3. The summed E-state index contributed by atoms with van der Waals surface area (Å²) in [7, 11) is 0. The second-order valence-electron chi connectivity index (χ2n) is 3.70. The minimum absolute atomic E-state index is 0.0822. The first-order chi connectivity index (χ1) is 8.52. The van der Waals surface area contributed by atoms with Crippen LogP contribution in [0, 0.1) is 5.41 Å². The van der Waals surface area contributed by atoms with E-state index in [-0.39, 0.29) is 17.1 Å². The first-order valence-corrected chi connectivity index (χ1v) is 5.80. The monoisotopic (exact) mass is 281 g/mol. The van der Waals surface area contributed by atoms with Gasteiger partial charge in [0.1, 0.15) is 11.5 Å². The molecule has 0 atom stereocenters. The van der Waals surface area contributed by atoms with Crippen LogP contribution in [0.3, 0.4) is 0 Å². The highest BCUT2D eigenvalue weighted by molar-refractivity contribution is 6.42. The normalized spacial score (nSPS) is 10.3. The third-order valence-electron chi connectivity index (χ3n) is 2.53. The van der Waals surface area contributed by atoms with E-state index in [4.69, 9.17) is 28.6 Å². The number of benzene rings is 2. The van der Waals surface area contributed by atoms with Crippen molar-refractivity contribution in [1.82, 2.24) is 0 Å². The van der Waals surface area contributed by atoms with Gasteiger partial charge in [-0.3, -0.25) is 0 Å². The first-order valence-electron chi connectivity index (χ1n) is 5.05. The van der Waals surface area contributed by atoms with Crippen LogP contribution >= 0.6 is 23.2 Å². The standard InChI is InChI=1S/C13H9Cl2NO2/c14-10-2-1-7(3-11(10)15)8-4-12(17)9(6-16)13(18)5-8/h1-6,16-18H. The van der Waals surface area contributed by atoms with Crippen molar-refractivity contribution in [2.24, 2.45) is 0 Å². The fourth-order valence-electron chi connectivity index (χ4n) is 1.61. The minimum atomic E-state index is -0.161. The van der Waals surface area contributed by atoms with Crippen LogP contribution in [0.1, 0.15) is 5.56 Å². The van der Waals surface area contributed by atoms with Crippen LogP contribution in [0.15, 0.2) is 30.3 Å². The van der Waals surface area contributed by atoms with E-state index in [2.05, 4.69) is 0 Å². The zero-order valence-corrected chi connectivity index (χ0v) is 10.6. The molecule has 18 heavy (non-hydrogen) atoms. The number of rotatable bonds is 2. The van der Waals surface area contributed by atoms with E-state index in [1.165, 1.54) is 12.1 Å². The third kappa shape index (κ3) is 2.28. The van der Waals surface area contributed by atoms with Gasteiger partial charge >= 0.3 is 0 Å². The van der Waals surface area contributed by atoms with Gasteiger partial charge in [-0.1, -0.05) is 29.3 Å². The Balaban J connectivity index is 2.58. The molecule has 0 bridgehead atoms. The van der Waals surface area contributed by atoms with Crippen molar-refractivity contribution in [3.05, 3.63) is 45.9 Å². The smallest absolute Gasteiger partial charge is 0.128 e. The van der Waals surface area contributed by atoms with E-state index in [0.717, 1.165) is 6.21 Å². The van der Waals surface area contributed by atoms with Gasteiger partial charge in [0.2, 0.25) is 0 Å². The predicted octanol–water partition coefficient (Wildman–Crippen LogP) is 4.07. The van der Waals surface area contributed by atoms with Gasteiger partial charge in [0.25, 0.3) is 0 Å². The predicted molar refractivity (Wildman–Crippen MR) is 73.1 cm³/mol. The van der Waals surface area contributed by atoms with Crippen LogP contribution in [0.4, 0.5) is 0 Å². The molecule has 2 rings (SSSR count). The summed E-state index contributed by atoms with van der Waals surface area (Å²) in [5, 5.41) is 27.3. The molecule has 3 N–H and O–H groups in total. The molecule has 0 aliphatic rings. The molecule has 0 aliphatic heterocycles. The molecule has 0 saturated carbocycles. The van der Waals surface area contributed by atoms with Gasteiger partial charge in [-0.25, -0.2) is 0 Å². The molecule has 0 unspecified atom stereocenters. The van der Waals surface area contributed by atoms with Crippen LogP contribution in [-0.4, -0.2) is 16.4 Å². The summed E-state index contributed by atoms with van der Waals surface area (Å²) >= 11 is 11.7. The summed E-state index contributed by atoms with van der Waals surface area (Å²) in [6, 6.07) is 7.92. The van der Waals surface area contributed by atoms with Gasteiger partial charge in [0.05, 0.1) is 15.6 Å². The molecule has 2 aromatic carbocycles. The summed E-state index contributed by atoms with van der Waals surface area (Å²) in [5.41, 5.74) is 1.39. The van der Waals surface area contributed by atoms with Crippen molar-refractivity contribution in [3.8, 4) is 22.6 Å². The van der Waals surface area contributed by atoms with E-state index >= 15 is 0 Å². The molecule has 0 aliphatic carbocycles. The van der Waals surface area contributed by atoms with E-state index in [9.17, 15) is 10.2 Å². The molecular weight excluding hydrogens is 273 g/mol. The fraction of sp³-hybridized carbons (Fsp3) is 0. The van der Waals surface area contributed by atoms with Crippen molar-refractivity contribution in [2.45, 2.75) is 0 Å². The number of halogens is 2. The van der Waals surface area contributed by atoms with Crippen LogP contribution in [0.25, 0.3) is 11.1 Å². The van der Waals surface area contributed by atoms with E-state index in [1.807, 2.05) is 0 Å². The maximum Gasteiger partial charge on any atom is 0.128 e. The summed E-state index contributed by atoms with van der Waals surface area (Å²) in [4.78, 5) is 0. The molecule has 5 heteroatoms. The number of phenolic OH excluding ortho intramolecular Hbond substituents is 2. The quantitative estimate of drug-likeness (QED) is 0.727. The molecule has 92 valence electrons. The van der Waals surface area contributed by atoms with Crippen molar-refractivity contribution < 1.29 is 10.2 Å². The average Bonchev–Trinajstić information content (AvgIpc) is 2.32. The van der Waals surface area contributed by atoms with Crippen LogP contribution in [0.2, 0.25) is 10.0 Å². The molecule has 0 saturated heterocycles. The largest absolute Gasteiger partial charge is 0.507 e. The SMILES string of the molecule is N=Cc1c(O)cc(-c2ccc(Cl)c(Cl)c2)cc1O. The average molecular weight is 282 g/mol. The third-order valence-corrected chi connectivity index (χ3v) is 3.27. The topological polar surface area (TPSA) is 64.3 Å². The summed E-state index contributed by atoms with van der Waals surface area (Å²) in [6.45, 7) is 0. The second-order valence-corrected chi connectivity index (χ2v) is 4.52. The Bertz CT molecular complexity index is 603. The maximum atomic E-state index is 9.69. The minimum Gasteiger partial charge on any atom is -0.507 e. The highest BCUT2D eigenvalue weighted by atomic mass is 35.5. The molecule has 0 fully saturated rings. The lowest BCUT2D eigenvalue weighted by Crippen LogP contribution is -1.86. The summed E-state index contributed by atoms with van der Waals surface area (Å²) in [5.74, 6) is -0.322. The first kappa shape index (κ1) is 12.7. The number of hydrogen-bond donors (Lipinski definition) is 3. The molecule has 0 amide bonds. The van der Waals surface area contributed by atoms with Gasteiger partial charge in [0.15, 0.2) is 0 Å². The molecule has 2 aromatic rings. The van der Waals surface area contributed by atoms with Gasteiger partial charge in [0, 0.05) is 6.21 Å². The molecular formula is C13H9Cl2NO2. The van der Waals surface area contributed by atoms with E-state index in [0.29, 0.717) is 21.2 Å². The number of phenols is 2. The van der Waals surface area contributed by atoms with E-state index < -0.39 is 0 Å². The van der Waals surface area contributed by atoms with Gasteiger partial charge in [-0.05, 0) is 35.4 Å². The lowest BCUT2D eigenvalue weighted by atomic mass is 10.0. The van der Waals surface area contributed by atoms with Crippen molar-refractivity contribution in [1.29, 1.82) is 5.41 Å². The highest BCUT2D eigenvalue weighted by Crippen LogP contribution is 2.34. The Morgan fingerprint density at radius 3 is 2.00 bits per heavy atom. The second kappa shape index (κ2) is 4.88. The van der Waals surface area contributed by atoms with Gasteiger partial charge in [-0.2, -0.15) is 0 Å². The fourth-order valence-corrected chi connectivity index (χ4v) is 1.91. The zero-order chi connectivity index (χ0) is 13.3. The Morgan fingerprint density at radius 1 is 0.889 bits per heavy atom. The maximum absolute atomic E-state index is 9.69. The van der Waals surface area contributed by atoms with E-state index in [1.54, 1.807) is 18.2 Å². The lowest BCUT2D eigenvalue weighted by Gasteiger charge is -2.08. The molecule has 0 spiro atoms. The van der Waals surface area contributed by atoms with Crippen LogP contribution in [0.5, 0.6) is 11.5 Å². The number of nitrogens with one attached hydrogen (secondary N) is 1. The lowest BCUT2D eigenvalue weighted by molar-refractivity contribution is 0.449. The summed E-state index contributed by atoms with van der Waals surface area (Å²) in [6.07, 6.45) is 0.892. The Labute approximate surface area is 114 Å². The van der Waals surface area contributed by atoms with Crippen LogP contribution in [-0.2, 0) is 0 Å². The van der Waals surface area contributed by atoms with Gasteiger partial charge in [-0.15, -0.1) is 0 Å². The molecule has 3 nitrogen and oxygen atoms in total. The summed E-state index contributed by atoms with van der Waals surface area (Å²) < 4.78 is 0. The zero-order valence-electron chi connectivity index (χ0n) is 9.11. The Morgan fingerprint density at radius 2 is 1.50 bits per heavy atom.